The molecule has 0 aliphatic heterocycles. The first-order valence-corrected chi connectivity index (χ1v) is 9.76. The van der Waals surface area contributed by atoms with Crippen LogP contribution >= 0.6 is 8.17 Å². The van der Waals surface area contributed by atoms with E-state index in [0.717, 1.165) is 6.92 Å². The third-order valence-electron chi connectivity index (χ3n) is 3.47. The average molecular weight is 466 g/mol. The fraction of sp³-hybridized carbons (Fsp3) is 0.278. The second kappa shape index (κ2) is 10.5. The van der Waals surface area contributed by atoms with Crippen molar-refractivity contribution in [1.29, 1.82) is 0 Å². The lowest BCUT2D eigenvalue weighted by atomic mass is 10.3. The minimum absolute atomic E-state index is 0.0842. The zero-order valence-electron chi connectivity index (χ0n) is 16.3. The van der Waals surface area contributed by atoms with E-state index in [1.807, 2.05) is 0 Å². The number of benzene rings is 2. The first-order valence-electron chi connectivity index (χ1n) is 8.63. The zero-order chi connectivity index (χ0) is 23.3. The fourth-order valence-electron chi connectivity index (χ4n) is 2.02. The summed E-state index contributed by atoms with van der Waals surface area (Å²) in [5.74, 6) is -14.3. The summed E-state index contributed by atoms with van der Waals surface area (Å²) in [6.45, 7) is 4.07. The van der Waals surface area contributed by atoms with E-state index >= 15 is 0 Å². The van der Waals surface area contributed by atoms with Crippen molar-refractivity contribution in [2.45, 2.75) is 32.9 Å². The zero-order valence-corrected chi connectivity index (χ0v) is 17.2. The lowest BCUT2D eigenvalue weighted by Gasteiger charge is -2.21. The van der Waals surface area contributed by atoms with E-state index in [1.54, 1.807) is 18.2 Å². The molecule has 0 heterocycles. The summed E-state index contributed by atoms with van der Waals surface area (Å²) >= 11 is 0. The highest BCUT2D eigenvalue weighted by Crippen LogP contribution is 2.32. The first-order chi connectivity index (χ1) is 14.5. The highest BCUT2D eigenvalue weighted by Gasteiger charge is 2.34. The molecule has 0 spiro atoms. The third-order valence-corrected chi connectivity index (χ3v) is 4.16. The Balaban J connectivity index is 2.43. The molecule has 0 saturated heterocycles. The van der Waals surface area contributed by atoms with Crippen LogP contribution in [0.4, 0.5) is 22.0 Å². The number of carbonyl (C=O) groups is 1. The van der Waals surface area contributed by atoms with Crippen LogP contribution in [-0.2, 0) is 9.53 Å². The number of rotatable bonds is 8. The summed E-state index contributed by atoms with van der Waals surface area (Å²) in [6, 6.07) is 5.94. The van der Waals surface area contributed by atoms with Crippen LogP contribution in [0.15, 0.2) is 35.2 Å². The van der Waals surface area contributed by atoms with E-state index in [4.69, 9.17) is 9.26 Å². The van der Waals surface area contributed by atoms with Crippen molar-refractivity contribution in [3.05, 3.63) is 59.4 Å². The van der Waals surface area contributed by atoms with Crippen molar-refractivity contribution >= 4 is 14.1 Å². The van der Waals surface area contributed by atoms with Gasteiger partial charge in [0.2, 0.25) is 34.8 Å². The molecule has 2 atom stereocenters. The molecule has 0 radical (unpaired) electrons. The molecule has 31 heavy (non-hydrogen) atoms. The van der Waals surface area contributed by atoms with Gasteiger partial charge in [-0.15, -0.1) is 0 Å². The molecular formula is C18H16F5N2O5P. The van der Waals surface area contributed by atoms with E-state index in [9.17, 15) is 31.6 Å². The van der Waals surface area contributed by atoms with Gasteiger partial charge in [0.1, 0.15) is 0 Å². The number of ether oxygens (including phenoxy) is 1. The van der Waals surface area contributed by atoms with Gasteiger partial charge in [0.25, 0.3) is 0 Å². The Bertz CT molecular complexity index is 949. The molecular weight excluding hydrogens is 450 g/mol. The standard InChI is InChI=1S/C18H16F5N2O5P/c1-9(2)28-18(26)10(3)25(24-31(27)30-11-7-5-4-6-8-11)29-17-15(22)13(20)12(19)14(21)16(17)23/h4-10H,1-3H3/t10-/m0/s1. The lowest BCUT2D eigenvalue weighted by Crippen LogP contribution is -2.40. The van der Waals surface area contributed by atoms with Gasteiger partial charge in [-0.05, 0) is 32.9 Å². The second-order valence-corrected chi connectivity index (χ2v) is 7.02. The van der Waals surface area contributed by atoms with Crippen molar-refractivity contribution in [3.8, 4) is 11.5 Å². The van der Waals surface area contributed by atoms with E-state index in [1.165, 1.54) is 26.0 Å². The molecule has 2 rings (SSSR count). The summed E-state index contributed by atoms with van der Waals surface area (Å²) in [5.41, 5.74) is 0. The van der Waals surface area contributed by atoms with Crippen LogP contribution in [0.3, 0.4) is 0 Å². The van der Waals surface area contributed by atoms with Gasteiger partial charge in [0.15, 0.2) is 11.8 Å². The smallest absolute Gasteiger partial charge is 0.416 e. The highest BCUT2D eigenvalue weighted by molar-refractivity contribution is 7.33. The normalized spacial score (nSPS) is 12.8. The topological polar surface area (TPSA) is 83.4 Å². The monoisotopic (exact) mass is 466 g/mol. The Labute approximate surface area is 174 Å². The van der Waals surface area contributed by atoms with Crippen LogP contribution in [-0.4, -0.2) is 23.3 Å². The second-order valence-electron chi connectivity index (χ2n) is 6.19. The van der Waals surface area contributed by atoms with Crippen LogP contribution < -0.4 is 14.3 Å². The fourth-order valence-corrected chi connectivity index (χ4v) is 2.69. The van der Waals surface area contributed by atoms with E-state index in [-0.39, 0.29) is 10.9 Å². The number of halogens is 5. The van der Waals surface area contributed by atoms with Crippen molar-refractivity contribution in [1.82, 2.24) is 5.17 Å². The van der Waals surface area contributed by atoms with Crippen LogP contribution in [0.25, 0.3) is 0 Å². The summed E-state index contributed by atoms with van der Waals surface area (Å²) < 4.78 is 78.1. The highest BCUT2D eigenvalue weighted by atomic mass is 31.1. The molecule has 0 amide bonds. The largest absolute Gasteiger partial charge is 0.574 e. The molecule has 0 aliphatic rings. The molecule has 0 fully saturated rings. The number of hydrogen-bond donors (Lipinski definition) is 0. The van der Waals surface area contributed by atoms with Crippen LogP contribution in [0.1, 0.15) is 20.8 Å². The number of hydrogen-bond acceptors (Lipinski definition) is 6. The molecule has 168 valence electrons. The van der Waals surface area contributed by atoms with Gasteiger partial charge in [0, 0.05) is 5.17 Å². The Morgan fingerprint density at radius 2 is 1.48 bits per heavy atom. The van der Waals surface area contributed by atoms with Crippen molar-refractivity contribution in [3.63, 3.8) is 0 Å². The minimum atomic E-state index is -3.05. The van der Waals surface area contributed by atoms with Crippen LogP contribution in [0.2, 0.25) is 0 Å². The predicted molar refractivity (Wildman–Crippen MR) is 95.8 cm³/mol. The summed E-state index contributed by atoms with van der Waals surface area (Å²) in [6.07, 6.45) is -0.625. The van der Waals surface area contributed by atoms with E-state index < -0.39 is 61.1 Å². The van der Waals surface area contributed by atoms with E-state index in [0.29, 0.717) is 0 Å². The van der Waals surface area contributed by atoms with Gasteiger partial charge in [-0.3, -0.25) is 9.32 Å². The molecule has 1 unspecified atom stereocenters. The van der Waals surface area contributed by atoms with Crippen molar-refractivity contribution in [2.24, 2.45) is 4.85 Å². The molecule has 0 saturated carbocycles. The van der Waals surface area contributed by atoms with Gasteiger partial charge in [0.05, 0.1) is 11.0 Å². The van der Waals surface area contributed by atoms with Gasteiger partial charge in [-0.1, -0.05) is 18.2 Å². The van der Waals surface area contributed by atoms with Gasteiger partial charge in [-0.2, -0.15) is 8.78 Å². The number of para-hydroxylation sites is 1. The molecule has 0 aliphatic carbocycles. The maximum absolute atomic E-state index is 14.0. The van der Waals surface area contributed by atoms with Gasteiger partial charge < -0.3 is 14.5 Å². The quantitative estimate of drug-likeness (QED) is 0.145. The molecule has 7 nitrogen and oxygen atoms in total. The summed E-state index contributed by atoms with van der Waals surface area (Å²) in [5, 5.41) is 0.0879. The Morgan fingerprint density at radius 3 is 2.00 bits per heavy atom. The third kappa shape index (κ3) is 6.09. The predicted octanol–water partition coefficient (Wildman–Crippen LogP) is 4.17. The van der Waals surface area contributed by atoms with E-state index in [2.05, 4.69) is 9.69 Å². The number of nitrogens with zero attached hydrogens (tertiary/aromatic N) is 2. The van der Waals surface area contributed by atoms with Crippen LogP contribution in [0.5, 0.6) is 11.5 Å². The SMILES string of the molecule is CC(C)OC(=O)[C@H](C)N(/N=[P+](\[O-])Oc1ccccc1)Oc1c(F)c(F)c(F)c(F)c1F. The Kier molecular flexibility index (Phi) is 8.26. The first kappa shape index (κ1) is 24.4. The number of carbonyl (C=O) groups excluding carboxylic acids is 1. The minimum Gasteiger partial charge on any atom is -0.574 e. The molecule has 13 heteroatoms. The van der Waals surface area contributed by atoms with Crippen molar-refractivity contribution < 1.29 is 45.7 Å². The Morgan fingerprint density at radius 1 is 0.968 bits per heavy atom. The molecule has 0 bridgehead atoms. The van der Waals surface area contributed by atoms with Gasteiger partial charge >= 0.3 is 14.1 Å². The maximum atomic E-state index is 14.0. The number of esters is 1. The molecule has 0 N–H and O–H groups in total. The lowest BCUT2D eigenvalue weighted by molar-refractivity contribution is -0.182. The molecule has 2 aromatic rings. The summed E-state index contributed by atoms with van der Waals surface area (Å²) in [7, 11) is -3.05. The molecule has 0 aromatic heterocycles. The van der Waals surface area contributed by atoms with Crippen LogP contribution in [0, 0.1) is 29.1 Å². The number of hydroxylamine groups is 1. The van der Waals surface area contributed by atoms with Gasteiger partial charge in [-0.25, -0.2) is 13.2 Å². The van der Waals surface area contributed by atoms with Crippen molar-refractivity contribution in [2.75, 3.05) is 0 Å². The Hall–Kier alpha value is -2.82. The maximum Gasteiger partial charge on any atom is 0.416 e. The molecule has 2 aromatic carbocycles. The summed E-state index contributed by atoms with van der Waals surface area (Å²) in [4.78, 5) is 32.4. The average Bonchev–Trinajstić information content (AvgIpc) is 2.72.